The third-order valence-corrected chi connectivity index (χ3v) is 8.39. The Morgan fingerprint density at radius 2 is 1.41 bits per heavy atom. The van der Waals surface area contributed by atoms with Crippen molar-refractivity contribution in [3.8, 4) is 0 Å². The molecule has 0 radical (unpaired) electrons. The van der Waals surface area contributed by atoms with Crippen LogP contribution < -0.4 is 0 Å². The number of aliphatic hydroxyl groups is 1. The number of halogens is 9. The number of benzene rings is 2. The quantitative estimate of drug-likeness (QED) is 0.310. The summed E-state index contributed by atoms with van der Waals surface area (Å²) in [6.07, 6.45) is -16.2. The molecule has 2 aromatic rings. The minimum Gasteiger partial charge on any atom is -0.439 e. The molecule has 0 spiro atoms. The van der Waals surface area contributed by atoms with E-state index in [2.05, 4.69) is 4.90 Å². The number of likely N-dealkylation sites (tertiary alicyclic amines) is 1. The number of nitrogens with zero attached hydrogens (tertiary/aromatic N) is 2. The van der Waals surface area contributed by atoms with Crippen LogP contribution in [0.3, 0.4) is 0 Å². The van der Waals surface area contributed by atoms with Crippen LogP contribution in [0.1, 0.15) is 79.1 Å². The monoisotopic (exact) mass is 640 g/mol. The Morgan fingerprint density at radius 3 is 1.89 bits per heavy atom. The number of rotatable bonds is 7. The van der Waals surface area contributed by atoms with Crippen molar-refractivity contribution in [3.05, 3.63) is 69.8 Å². The van der Waals surface area contributed by atoms with Gasteiger partial charge in [0.1, 0.15) is 6.10 Å². The molecule has 0 aromatic heterocycles. The van der Waals surface area contributed by atoms with Gasteiger partial charge in [-0.25, -0.2) is 4.79 Å². The Kier molecular flexibility index (Phi) is 9.56. The van der Waals surface area contributed by atoms with Crippen molar-refractivity contribution in [2.45, 2.75) is 76.9 Å². The van der Waals surface area contributed by atoms with Gasteiger partial charge in [0.05, 0.1) is 22.7 Å². The van der Waals surface area contributed by atoms with Crippen molar-refractivity contribution in [1.82, 2.24) is 9.80 Å². The van der Waals surface area contributed by atoms with Crippen LogP contribution in [0.2, 0.25) is 0 Å². The average molecular weight is 641 g/mol. The number of piperidine rings is 1. The first kappa shape index (κ1) is 33.9. The zero-order valence-corrected chi connectivity index (χ0v) is 24.2. The molecule has 44 heavy (non-hydrogen) atoms. The lowest BCUT2D eigenvalue weighted by Crippen LogP contribution is -2.40. The molecule has 1 amide bonds. The van der Waals surface area contributed by atoms with Gasteiger partial charge in [-0.3, -0.25) is 9.80 Å². The Labute approximate surface area is 248 Å². The smallest absolute Gasteiger partial charge is 0.416 e. The predicted octanol–water partition coefficient (Wildman–Crippen LogP) is 8.23. The normalized spacial score (nSPS) is 21.7. The number of hydrogen-bond donors (Lipinski definition) is 1. The second kappa shape index (κ2) is 12.4. The number of aliphatic hydroxyl groups excluding tert-OH is 1. The van der Waals surface area contributed by atoms with Crippen LogP contribution in [-0.2, 0) is 29.8 Å². The molecule has 2 aromatic carbocycles. The lowest BCUT2D eigenvalue weighted by Gasteiger charge is -2.40. The zero-order chi connectivity index (χ0) is 32.8. The lowest BCUT2D eigenvalue weighted by atomic mass is 9.86. The van der Waals surface area contributed by atoms with Crippen molar-refractivity contribution in [3.63, 3.8) is 0 Å². The zero-order valence-electron chi connectivity index (χ0n) is 24.2. The predicted molar refractivity (Wildman–Crippen MR) is 141 cm³/mol. The highest BCUT2D eigenvalue weighted by molar-refractivity contribution is 5.71. The highest BCUT2D eigenvalue weighted by Crippen LogP contribution is 2.43. The molecular formula is C30H33F9N2O3. The maximum atomic E-state index is 13.8. The first-order valence-corrected chi connectivity index (χ1v) is 14.1. The minimum absolute atomic E-state index is 0.0260. The van der Waals surface area contributed by atoms with Crippen LogP contribution in [0, 0.1) is 11.8 Å². The number of carbonyl (C=O) groups excluding carboxylic acids is 1. The molecule has 0 bridgehead atoms. The summed E-state index contributed by atoms with van der Waals surface area (Å²) < 4.78 is 128. The molecule has 2 aliphatic heterocycles. The molecule has 2 fully saturated rings. The van der Waals surface area contributed by atoms with Gasteiger partial charge in [-0.05, 0) is 91.7 Å². The third-order valence-electron chi connectivity index (χ3n) is 8.39. The number of amides is 1. The molecule has 1 unspecified atom stereocenters. The van der Waals surface area contributed by atoms with Gasteiger partial charge in [0.15, 0.2) is 0 Å². The van der Waals surface area contributed by atoms with E-state index in [1.54, 1.807) is 0 Å². The molecule has 1 N–H and O–H groups in total. The van der Waals surface area contributed by atoms with E-state index < -0.39 is 65.6 Å². The summed E-state index contributed by atoms with van der Waals surface area (Å²) in [6, 6.07) is 2.66. The van der Waals surface area contributed by atoms with Crippen LogP contribution in [0.25, 0.3) is 0 Å². The van der Waals surface area contributed by atoms with Gasteiger partial charge in [-0.15, -0.1) is 0 Å². The average Bonchev–Trinajstić information content (AvgIpc) is 3.20. The highest BCUT2D eigenvalue weighted by Gasteiger charge is 2.44. The summed E-state index contributed by atoms with van der Waals surface area (Å²) in [5.41, 5.74) is -4.01. The van der Waals surface area contributed by atoms with Crippen molar-refractivity contribution in [1.29, 1.82) is 0 Å². The van der Waals surface area contributed by atoms with E-state index >= 15 is 0 Å². The second-order valence-corrected chi connectivity index (χ2v) is 11.8. The van der Waals surface area contributed by atoms with E-state index in [4.69, 9.17) is 4.74 Å². The number of hydrogen-bond acceptors (Lipinski definition) is 4. The highest BCUT2D eigenvalue weighted by atomic mass is 19.4. The summed E-state index contributed by atoms with van der Waals surface area (Å²) in [5.74, 6) is 0.0229. The summed E-state index contributed by atoms with van der Waals surface area (Å²) in [6.45, 7) is 5.93. The SMILES string of the molecule is CC(C)C(c1ccc(C(F)(F)F)cc1CN1C(=O)O[C@@H](c2cc(C(F)(F)F)cc(C(F)(F)F)c2)[C@H]1C)N1CCC(CO)CC1. The number of carbonyl (C=O) groups is 1. The molecule has 2 aliphatic rings. The molecule has 2 heterocycles. The first-order chi connectivity index (χ1) is 20.3. The number of cyclic esters (lactones) is 1. The van der Waals surface area contributed by atoms with Gasteiger partial charge >= 0.3 is 24.6 Å². The minimum atomic E-state index is -5.12. The van der Waals surface area contributed by atoms with Gasteiger partial charge < -0.3 is 9.84 Å². The van der Waals surface area contributed by atoms with Gasteiger partial charge in [-0.2, -0.15) is 39.5 Å². The van der Waals surface area contributed by atoms with Gasteiger partial charge in [-0.1, -0.05) is 19.9 Å². The molecule has 0 aliphatic carbocycles. The maximum absolute atomic E-state index is 13.8. The van der Waals surface area contributed by atoms with Crippen LogP contribution in [-0.4, -0.2) is 46.7 Å². The molecule has 5 nitrogen and oxygen atoms in total. The summed E-state index contributed by atoms with van der Waals surface area (Å²) in [4.78, 5) is 16.1. The van der Waals surface area contributed by atoms with E-state index in [1.165, 1.54) is 13.0 Å². The molecule has 14 heteroatoms. The Bertz CT molecular complexity index is 1300. The summed E-state index contributed by atoms with van der Waals surface area (Å²) in [5, 5.41) is 9.53. The molecule has 4 rings (SSSR count). The Morgan fingerprint density at radius 1 is 0.864 bits per heavy atom. The van der Waals surface area contributed by atoms with E-state index in [0.29, 0.717) is 43.6 Å². The van der Waals surface area contributed by atoms with Crippen molar-refractivity contribution >= 4 is 6.09 Å². The van der Waals surface area contributed by atoms with Crippen molar-refractivity contribution in [2.75, 3.05) is 19.7 Å². The molecule has 2 saturated heterocycles. The Hall–Kier alpha value is -3.00. The largest absolute Gasteiger partial charge is 0.439 e. The van der Waals surface area contributed by atoms with E-state index in [0.717, 1.165) is 17.0 Å². The van der Waals surface area contributed by atoms with Crippen molar-refractivity contribution < 1.29 is 54.2 Å². The third kappa shape index (κ3) is 7.27. The van der Waals surface area contributed by atoms with E-state index in [1.807, 2.05) is 13.8 Å². The standard InChI is InChI=1S/C30H33F9N2O3/c1-16(2)25(40-8-6-18(15-42)7-9-40)24-5-4-21(28(31,32)33)12-20(24)14-41-17(3)26(44-27(41)43)19-10-22(29(34,35)36)13-23(11-19)30(37,38)39/h4-5,10-13,16-18,25-26,42H,6-9,14-15H2,1-3H3/t17-,25?,26-/m1/s1. The Balaban J connectivity index is 1.72. The molecular weight excluding hydrogens is 607 g/mol. The fourth-order valence-corrected chi connectivity index (χ4v) is 6.09. The first-order valence-electron chi connectivity index (χ1n) is 14.1. The van der Waals surface area contributed by atoms with Crippen LogP contribution >= 0.6 is 0 Å². The molecule has 3 atom stereocenters. The number of alkyl halides is 9. The number of ether oxygens (including phenoxy) is 1. The van der Waals surface area contributed by atoms with Gasteiger partial charge in [0.2, 0.25) is 0 Å². The molecule has 0 saturated carbocycles. The van der Waals surface area contributed by atoms with E-state index in [9.17, 15) is 49.4 Å². The summed E-state index contributed by atoms with van der Waals surface area (Å²) in [7, 11) is 0. The second-order valence-electron chi connectivity index (χ2n) is 11.8. The van der Waals surface area contributed by atoms with Crippen LogP contribution in [0.15, 0.2) is 36.4 Å². The maximum Gasteiger partial charge on any atom is 0.416 e. The van der Waals surface area contributed by atoms with Crippen LogP contribution in [0.4, 0.5) is 44.3 Å². The van der Waals surface area contributed by atoms with Gasteiger partial charge in [0, 0.05) is 19.2 Å². The van der Waals surface area contributed by atoms with Gasteiger partial charge in [0.25, 0.3) is 0 Å². The molecule has 244 valence electrons. The fourth-order valence-electron chi connectivity index (χ4n) is 6.09. The van der Waals surface area contributed by atoms with Crippen molar-refractivity contribution in [2.24, 2.45) is 11.8 Å². The summed E-state index contributed by atoms with van der Waals surface area (Å²) >= 11 is 0. The fraction of sp³-hybridized carbons (Fsp3) is 0.567. The topological polar surface area (TPSA) is 53.0 Å². The lowest BCUT2D eigenvalue weighted by molar-refractivity contribution is -0.143. The van der Waals surface area contributed by atoms with Crippen LogP contribution in [0.5, 0.6) is 0 Å². The van der Waals surface area contributed by atoms with E-state index in [-0.39, 0.29) is 36.1 Å².